The van der Waals surface area contributed by atoms with Gasteiger partial charge in [0.15, 0.2) is 0 Å². The van der Waals surface area contributed by atoms with Gasteiger partial charge in [-0.3, -0.25) is 4.79 Å². The maximum Gasteiger partial charge on any atom is 0.417 e. The number of aliphatic hydroxyl groups is 1. The zero-order valence-electron chi connectivity index (χ0n) is 10.5. The number of alkyl halides is 3. The number of hydrogen-bond donors (Lipinski definition) is 2. The van der Waals surface area contributed by atoms with E-state index in [4.69, 9.17) is 13.1 Å². The highest BCUT2D eigenvalue weighted by Crippen LogP contribution is 2.33. The van der Waals surface area contributed by atoms with Crippen molar-refractivity contribution < 1.29 is 23.1 Å². The van der Waals surface area contributed by atoms with Gasteiger partial charge in [-0.05, 0) is 25.1 Å². The van der Waals surface area contributed by atoms with Gasteiger partial charge in [-0.15, -0.1) is 0 Å². The van der Waals surface area contributed by atoms with Gasteiger partial charge in [0.05, 0.1) is 25.0 Å². The van der Waals surface area contributed by atoms with Gasteiger partial charge in [0, 0.05) is 5.69 Å². The predicted molar refractivity (Wildman–Crippen MR) is 66.0 cm³/mol. The Kier molecular flexibility index (Phi) is 4.45. The lowest BCUT2D eigenvalue weighted by Crippen LogP contribution is -2.39. The first-order valence-electron chi connectivity index (χ1n) is 5.47. The van der Waals surface area contributed by atoms with Crippen molar-refractivity contribution in [3.63, 3.8) is 0 Å². The molecule has 0 heterocycles. The zero-order chi connectivity index (χ0) is 15.6. The quantitative estimate of drug-likeness (QED) is 0.831. The molecule has 8 heteroatoms. The van der Waals surface area contributed by atoms with Crippen LogP contribution in [-0.2, 0) is 11.0 Å². The summed E-state index contributed by atoms with van der Waals surface area (Å²) in [6.07, 6.45) is -5.11. The van der Waals surface area contributed by atoms with Crippen molar-refractivity contribution in [1.82, 2.24) is 0 Å². The van der Waals surface area contributed by atoms with Gasteiger partial charge in [-0.25, -0.2) is 0 Å². The molecule has 1 rings (SSSR count). The molecule has 1 aromatic rings. The Bertz CT molecular complexity index is 565. The number of amides is 1. The van der Waals surface area contributed by atoms with E-state index in [2.05, 4.69) is 5.32 Å². The lowest BCUT2D eigenvalue weighted by Gasteiger charge is -2.21. The number of anilines is 1. The van der Waals surface area contributed by atoms with Crippen molar-refractivity contribution in [2.24, 2.45) is 0 Å². The second-order valence-corrected chi connectivity index (χ2v) is 4.30. The second-order valence-electron chi connectivity index (χ2n) is 4.30. The highest BCUT2D eigenvalue weighted by molar-refractivity contribution is 6.13. The van der Waals surface area contributed by atoms with Crippen LogP contribution in [-0.4, -0.2) is 24.5 Å². The summed E-state index contributed by atoms with van der Waals surface area (Å²) < 4.78 is 38.2. The molecule has 1 unspecified atom stereocenters. The molecule has 104 valence electrons. The average Bonchev–Trinajstić information content (AvgIpc) is 2.37. The van der Waals surface area contributed by atoms with Gasteiger partial charge in [0.1, 0.15) is 5.60 Å². The highest BCUT2D eigenvalue weighted by Gasteiger charge is 2.34. The SMILES string of the molecule is [B]CC(C)(O)C(=O)Nc1ccc(C#N)c(C(F)(F)F)c1. The van der Waals surface area contributed by atoms with Gasteiger partial charge in [-0.2, -0.15) is 18.4 Å². The van der Waals surface area contributed by atoms with Crippen molar-refractivity contribution in [3.8, 4) is 6.07 Å². The molecule has 0 aliphatic rings. The van der Waals surface area contributed by atoms with Crippen LogP contribution in [0.15, 0.2) is 18.2 Å². The second kappa shape index (κ2) is 5.55. The number of carbonyl (C=O) groups is 1. The molecule has 0 saturated carbocycles. The summed E-state index contributed by atoms with van der Waals surface area (Å²) in [5.41, 5.74) is -3.80. The monoisotopic (exact) mass is 282 g/mol. The molecule has 1 amide bonds. The molecule has 1 atom stereocenters. The largest absolute Gasteiger partial charge is 0.417 e. The van der Waals surface area contributed by atoms with Gasteiger partial charge in [0.25, 0.3) is 5.91 Å². The highest BCUT2D eigenvalue weighted by atomic mass is 19.4. The fourth-order valence-electron chi connectivity index (χ4n) is 1.31. The Morgan fingerprint density at radius 2 is 2.10 bits per heavy atom. The Labute approximate surface area is 114 Å². The smallest absolute Gasteiger partial charge is 0.381 e. The Morgan fingerprint density at radius 1 is 1.50 bits per heavy atom. The molecule has 2 radical (unpaired) electrons. The van der Waals surface area contributed by atoms with E-state index in [0.717, 1.165) is 19.1 Å². The van der Waals surface area contributed by atoms with E-state index in [0.29, 0.717) is 6.07 Å². The summed E-state index contributed by atoms with van der Waals surface area (Å²) in [4.78, 5) is 11.6. The number of benzene rings is 1. The van der Waals surface area contributed by atoms with Crippen LogP contribution in [0.3, 0.4) is 0 Å². The predicted octanol–water partition coefficient (Wildman–Crippen LogP) is 1.85. The maximum atomic E-state index is 12.7. The van der Waals surface area contributed by atoms with E-state index in [-0.39, 0.29) is 12.0 Å². The molecule has 4 nitrogen and oxygen atoms in total. The van der Waals surface area contributed by atoms with E-state index in [1.807, 2.05) is 0 Å². The number of hydrogen-bond acceptors (Lipinski definition) is 3. The van der Waals surface area contributed by atoms with Gasteiger partial charge in [0.2, 0.25) is 0 Å². The first kappa shape index (κ1) is 16.1. The molecule has 1 aromatic carbocycles. The third-order valence-corrected chi connectivity index (χ3v) is 2.59. The van der Waals surface area contributed by atoms with Crippen LogP contribution in [0, 0.1) is 11.3 Å². The van der Waals surface area contributed by atoms with Gasteiger partial charge < -0.3 is 10.4 Å². The Hall–Kier alpha value is -2.01. The fourth-order valence-corrected chi connectivity index (χ4v) is 1.31. The lowest BCUT2D eigenvalue weighted by atomic mass is 9.88. The number of nitrogens with one attached hydrogen (secondary N) is 1. The van der Waals surface area contributed by atoms with Crippen molar-refractivity contribution in [2.75, 3.05) is 5.32 Å². The standard InChI is InChI=1S/C12H10BF3N2O2/c1-11(20,6-13)10(19)18-8-3-2-7(5-17)9(4-8)12(14,15)16/h2-4,20H,6H2,1H3,(H,18,19). The van der Waals surface area contributed by atoms with Crippen molar-refractivity contribution >= 4 is 19.4 Å². The molecular weight excluding hydrogens is 272 g/mol. The number of rotatable bonds is 3. The molecule has 0 aliphatic carbocycles. The van der Waals surface area contributed by atoms with Crippen LogP contribution in [0.25, 0.3) is 0 Å². The molecule has 0 saturated heterocycles. The summed E-state index contributed by atoms with van der Waals surface area (Å²) in [6.45, 7) is 1.14. The fraction of sp³-hybridized carbons (Fsp3) is 0.333. The van der Waals surface area contributed by atoms with Crippen LogP contribution in [0.2, 0.25) is 6.32 Å². The summed E-state index contributed by atoms with van der Waals surface area (Å²) in [6, 6.07) is 4.13. The molecular formula is C12H10BF3N2O2. The zero-order valence-corrected chi connectivity index (χ0v) is 10.5. The number of halogens is 3. The Morgan fingerprint density at radius 3 is 2.55 bits per heavy atom. The first-order valence-corrected chi connectivity index (χ1v) is 5.47. The van der Waals surface area contributed by atoms with Crippen molar-refractivity contribution in [3.05, 3.63) is 29.3 Å². The molecule has 0 aliphatic heterocycles. The molecule has 0 fully saturated rings. The van der Waals surface area contributed by atoms with Crippen molar-refractivity contribution in [1.29, 1.82) is 5.26 Å². The van der Waals surface area contributed by atoms with Crippen LogP contribution in [0.5, 0.6) is 0 Å². The van der Waals surface area contributed by atoms with Crippen molar-refractivity contribution in [2.45, 2.75) is 25.0 Å². The molecule has 0 spiro atoms. The third-order valence-electron chi connectivity index (χ3n) is 2.59. The minimum Gasteiger partial charge on any atom is -0.381 e. The van der Waals surface area contributed by atoms with Gasteiger partial charge >= 0.3 is 6.18 Å². The van der Waals surface area contributed by atoms with E-state index in [1.54, 1.807) is 0 Å². The van der Waals surface area contributed by atoms with Crippen LogP contribution in [0.4, 0.5) is 18.9 Å². The molecule has 2 N–H and O–H groups in total. The normalized spacial score (nSPS) is 14.2. The Balaban J connectivity index is 3.12. The van der Waals surface area contributed by atoms with Crippen LogP contribution in [0.1, 0.15) is 18.1 Å². The number of nitriles is 1. The van der Waals surface area contributed by atoms with E-state index in [1.165, 1.54) is 6.07 Å². The maximum absolute atomic E-state index is 12.7. The summed E-state index contributed by atoms with van der Waals surface area (Å²) in [5, 5.41) is 20.3. The molecule has 20 heavy (non-hydrogen) atoms. The van der Waals surface area contributed by atoms with Crippen LogP contribution >= 0.6 is 0 Å². The topological polar surface area (TPSA) is 73.1 Å². The number of nitrogens with zero attached hydrogens (tertiary/aromatic N) is 1. The number of carbonyl (C=O) groups excluding carboxylic acids is 1. The first-order chi connectivity index (χ1) is 9.11. The van der Waals surface area contributed by atoms with E-state index >= 15 is 0 Å². The summed E-state index contributed by atoms with van der Waals surface area (Å²) >= 11 is 0. The van der Waals surface area contributed by atoms with E-state index in [9.17, 15) is 23.1 Å². The summed E-state index contributed by atoms with van der Waals surface area (Å²) in [5.74, 6) is -0.933. The minimum absolute atomic E-state index is 0.185. The lowest BCUT2D eigenvalue weighted by molar-refractivity contribution is -0.137. The molecule has 0 bridgehead atoms. The molecule has 0 aromatic heterocycles. The van der Waals surface area contributed by atoms with Gasteiger partial charge in [-0.1, -0.05) is 6.32 Å². The summed E-state index contributed by atoms with van der Waals surface area (Å²) in [7, 11) is 5.17. The third kappa shape index (κ3) is 3.51. The average molecular weight is 282 g/mol. The minimum atomic E-state index is -4.72. The van der Waals surface area contributed by atoms with E-state index < -0.39 is 28.8 Å². The van der Waals surface area contributed by atoms with Crippen LogP contribution < -0.4 is 5.32 Å².